The Morgan fingerprint density at radius 3 is 2.26 bits per heavy atom. The lowest BCUT2D eigenvalue weighted by molar-refractivity contribution is -0.113. The minimum absolute atomic E-state index is 0.0950. The van der Waals surface area contributed by atoms with Crippen LogP contribution in [-0.4, -0.2) is 58.1 Å². The van der Waals surface area contributed by atoms with Crippen LogP contribution in [0.1, 0.15) is 10.4 Å². The molecule has 1 N–H and O–H groups in total. The van der Waals surface area contributed by atoms with E-state index in [0.29, 0.717) is 28.3 Å². The fourth-order valence-electron chi connectivity index (χ4n) is 3.78. The molecule has 2 aromatic carbocycles. The van der Waals surface area contributed by atoms with Gasteiger partial charge in [0.25, 0.3) is 5.56 Å². The summed E-state index contributed by atoms with van der Waals surface area (Å²) in [7, 11) is 7.18. The number of carbonyl (C=O) groups excluding carboxylic acids is 2. The largest absolute Gasteiger partial charge is 0.493 e. The number of ether oxygens (including phenoxy) is 3. The third-order valence-electron chi connectivity index (χ3n) is 5.84. The summed E-state index contributed by atoms with van der Waals surface area (Å²) >= 11 is 1.03. The molecule has 0 saturated heterocycles. The molecule has 0 saturated carbocycles. The van der Waals surface area contributed by atoms with Crippen molar-refractivity contribution in [3.05, 3.63) is 68.9 Å². The predicted octanol–water partition coefficient (Wildman–Crippen LogP) is 2.23. The quantitative estimate of drug-likeness (QED) is 0.197. The Morgan fingerprint density at radius 2 is 1.62 bits per heavy atom. The van der Waals surface area contributed by atoms with Gasteiger partial charge in [0.15, 0.2) is 23.0 Å². The minimum Gasteiger partial charge on any atom is -0.493 e. The zero-order valence-corrected chi connectivity index (χ0v) is 22.6. The van der Waals surface area contributed by atoms with Gasteiger partial charge in [-0.2, -0.15) is 0 Å². The summed E-state index contributed by atoms with van der Waals surface area (Å²) < 4.78 is 17.6. The van der Waals surface area contributed by atoms with Gasteiger partial charge in [0.05, 0.1) is 32.6 Å². The van der Waals surface area contributed by atoms with Crippen molar-refractivity contribution in [2.24, 2.45) is 14.1 Å². The summed E-state index contributed by atoms with van der Waals surface area (Å²) in [5.74, 6) is 0.236. The maximum atomic E-state index is 13.1. The summed E-state index contributed by atoms with van der Waals surface area (Å²) in [5, 5.41) is 3.09. The Labute approximate surface area is 226 Å². The molecule has 0 bridgehead atoms. The van der Waals surface area contributed by atoms with E-state index in [9.17, 15) is 19.2 Å². The van der Waals surface area contributed by atoms with E-state index in [1.165, 1.54) is 52.1 Å². The normalized spacial score (nSPS) is 10.8. The number of aryl methyl sites for hydroxylation is 1. The SMILES string of the molecule is COC(=O)c1ccc(NC(=O)CSc2nc(-c3ccc(OC)c(OC)c3)nc3c2c(=O)n(C)c(=O)n3C)cc1. The van der Waals surface area contributed by atoms with E-state index in [1.54, 1.807) is 30.3 Å². The van der Waals surface area contributed by atoms with E-state index >= 15 is 0 Å². The average molecular weight is 552 g/mol. The summed E-state index contributed by atoms with van der Waals surface area (Å²) in [6.07, 6.45) is 0. The zero-order valence-electron chi connectivity index (χ0n) is 21.8. The highest BCUT2D eigenvalue weighted by molar-refractivity contribution is 8.00. The molecule has 39 heavy (non-hydrogen) atoms. The van der Waals surface area contributed by atoms with Crippen molar-refractivity contribution in [3.63, 3.8) is 0 Å². The van der Waals surface area contributed by atoms with Crippen LogP contribution in [0.5, 0.6) is 11.5 Å². The Morgan fingerprint density at radius 1 is 0.923 bits per heavy atom. The fraction of sp³-hybridized carbons (Fsp3) is 0.231. The standard InChI is InChI=1S/C26H25N5O7S/c1-30-22-20(24(33)31(2)26(30)35)23(29-21(28-22)15-8-11-17(36-3)18(12-15)37-4)39-13-19(32)27-16-9-6-14(7-10-16)25(34)38-5/h6-12H,13H2,1-5H3,(H,27,32). The lowest BCUT2D eigenvalue weighted by atomic mass is 10.2. The Hall–Kier alpha value is -4.65. The Kier molecular flexibility index (Phi) is 8.00. The predicted molar refractivity (Wildman–Crippen MR) is 146 cm³/mol. The van der Waals surface area contributed by atoms with Crippen LogP contribution in [0.15, 0.2) is 57.1 Å². The first-order valence-electron chi connectivity index (χ1n) is 11.5. The molecule has 0 fully saturated rings. The molecule has 0 aliphatic heterocycles. The summed E-state index contributed by atoms with van der Waals surface area (Å²) in [5.41, 5.74) is 0.386. The van der Waals surface area contributed by atoms with Crippen LogP contribution in [0, 0.1) is 0 Å². The second-order valence-electron chi connectivity index (χ2n) is 8.23. The van der Waals surface area contributed by atoms with Gasteiger partial charge in [0, 0.05) is 25.3 Å². The maximum absolute atomic E-state index is 13.1. The molecule has 12 nitrogen and oxygen atoms in total. The second kappa shape index (κ2) is 11.4. The number of hydrogen-bond acceptors (Lipinski definition) is 10. The van der Waals surface area contributed by atoms with E-state index in [1.807, 2.05) is 0 Å². The Balaban J connectivity index is 1.71. The van der Waals surface area contributed by atoms with Crippen LogP contribution in [-0.2, 0) is 23.6 Å². The van der Waals surface area contributed by atoms with Crippen molar-refractivity contribution in [1.29, 1.82) is 0 Å². The molecular weight excluding hydrogens is 526 g/mol. The molecule has 202 valence electrons. The number of thioether (sulfide) groups is 1. The number of amides is 1. The first-order chi connectivity index (χ1) is 18.7. The molecule has 4 aromatic rings. The number of anilines is 1. The number of rotatable bonds is 8. The first-order valence-corrected chi connectivity index (χ1v) is 12.5. The highest BCUT2D eigenvalue weighted by atomic mass is 32.2. The van der Waals surface area contributed by atoms with E-state index in [-0.39, 0.29) is 33.5 Å². The van der Waals surface area contributed by atoms with Gasteiger partial charge in [0.1, 0.15) is 10.4 Å². The van der Waals surface area contributed by atoms with Gasteiger partial charge < -0.3 is 19.5 Å². The number of nitrogens with zero attached hydrogens (tertiary/aromatic N) is 4. The maximum Gasteiger partial charge on any atom is 0.337 e. The van der Waals surface area contributed by atoms with Gasteiger partial charge >= 0.3 is 11.7 Å². The van der Waals surface area contributed by atoms with Gasteiger partial charge in [-0.1, -0.05) is 11.8 Å². The smallest absolute Gasteiger partial charge is 0.337 e. The molecular formula is C26H25N5O7S. The molecule has 0 spiro atoms. The summed E-state index contributed by atoms with van der Waals surface area (Å²) in [4.78, 5) is 59.2. The second-order valence-corrected chi connectivity index (χ2v) is 9.20. The zero-order chi connectivity index (χ0) is 28.3. The number of fused-ring (bicyclic) bond motifs is 1. The third kappa shape index (κ3) is 5.48. The number of hydrogen-bond donors (Lipinski definition) is 1. The molecule has 0 radical (unpaired) electrons. The summed E-state index contributed by atoms with van der Waals surface area (Å²) in [6.45, 7) is 0. The molecule has 1 amide bonds. The van der Waals surface area contributed by atoms with Crippen LogP contribution in [0.3, 0.4) is 0 Å². The van der Waals surface area contributed by atoms with Crippen LogP contribution < -0.4 is 26.0 Å². The van der Waals surface area contributed by atoms with Gasteiger partial charge in [-0.15, -0.1) is 0 Å². The molecule has 4 rings (SSSR count). The lowest BCUT2D eigenvalue weighted by Gasteiger charge is -2.13. The van der Waals surface area contributed by atoms with Gasteiger partial charge in [0.2, 0.25) is 5.91 Å². The van der Waals surface area contributed by atoms with Crippen molar-refractivity contribution in [3.8, 4) is 22.9 Å². The average Bonchev–Trinajstić information content (AvgIpc) is 2.96. The fourth-order valence-corrected chi connectivity index (χ4v) is 4.59. The highest BCUT2D eigenvalue weighted by Gasteiger charge is 2.20. The molecule has 0 atom stereocenters. The number of esters is 1. The van der Waals surface area contributed by atoms with Crippen LogP contribution in [0.25, 0.3) is 22.4 Å². The van der Waals surface area contributed by atoms with Gasteiger partial charge in [-0.3, -0.25) is 18.7 Å². The van der Waals surface area contributed by atoms with Crippen molar-refractivity contribution in [2.75, 3.05) is 32.4 Å². The molecule has 0 aliphatic rings. The van der Waals surface area contributed by atoms with Crippen molar-refractivity contribution in [2.45, 2.75) is 5.03 Å². The topological polar surface area (TPSA) is 144 Å². The van der Waals surface area contributed by atoms with Crippen LogP contribution >= 0.6 is 11.8 Å². The Bertz CT molecular complexity index is 1700. The van der Waals surface area contributed by atoms with Crippen molar-refractivity contribution in [1.82, 2.24) is 19.1 Å². The number of methoxy groups -OCH3 is 3. The summed E-state index contributed by atoms with van der Waals surface area (Å²) in [6, 6.07) is 11.3. The van der Waals surface area contributed by atoms with E-state index < -0.39 is 17.2 Å². The first kappa shape index (κ1) is 27.4. The molecule has 2 heterocycles. The van der Waals surface area contributed by atoms with Crippen molar-refractivity contribution < 1.29 is 23.8 Å². The highest BCUT2D eigenvalue weighted by Crippen LogP contribution is 2.33. The van der Waals surface area contributed by atoms with E-state index in [4.69, 9.17) is 9.47 Å². The molecule has 0 aliphatic carbocycles. The number of nitrogens with one attached hydrogen (secondary N) is 1. The van der Waals surface area contributed by atoms with E-state index in [0.717, 1.165) is 16.3 Å². The molecule has 2 aromatic heterocycles. The monoisotopic (exact) mass is 551 g/mol. The molecule has 13 heteroatoms. The number of aromatic nitrogens is 4. The molecule has 0 unspecified atom stereocenters. The van der Waals surface area contributed by atoms with Gasteiger partial charge in [-0.25, -0.2) is 19.6 Å². The van der Waals surface area contributed by atoms with Gasteiger partial charge in [-0.05, 0) is 42.5 Å². The van der Waals surface area contributed by atoms with Crippen molar-refractivity contribution >= 4 is 40.4 Å². The lowest BCUT2D eigenvalue weighted by Crippen LogP contribution is -2.37. The third-order valence-corrected chi connectivity index (χ3v) is 6.81. The number of benzene rings is 2. The number of carbonyl (C=O) groups is 2. The van der Waals surface area contributed by atoms with E-state index in [2.05, 4.69) is 20.0 Å². The van der Waals surface area contributed by atoms with Crippen LogP contribution in [0.2, 0.25) is 0 Å². The van der Waals surface area contributed by atoms with Crippen LogP contribution in [0.4, 0.5) is 5.69 Å². The minimum atomic E-state index is -0.576.